The highest BCUT2D eigenvalue weighted by Gasteiger charge is 2.38. The van der Waals surface area contributed by atoms with Crippen LogP contribution in [0.3, 0.4) is 0 Å². The molecule has 1 N–H and O–H groups in total. The SMILES string of the molecule is CO[C@@H](C(=O)N1N=C(c2c(-c3ccc(Cl)cc3)c3ccccc3[nH]c2=O)C[C@H]1c1ccccc1)c1ccccc1. The molecule has 0 radical (unpaired) electrons. The summed E-state index contributed by atoms with van der Waals surface area (Å²) in [4.78, 5) is 30.8. The van der Waals surface area contributed by atoms with Crippen molar-refractivity contribution < 1.29 is 9.53 Å². The number of carbonyl (C=O) groups excluding carboxylic acids is 1. The lowest BCUT2D eigenvalue weighted by Crippen LogP contribution is -2.32. The molecule has 6 nitrogen and oxygen atoms in total. The molecular formula is C33H26ClN3O3. The molecule has 6 rings (SSSR count). The number of pyridine rings is 1. The third-order valence-corrected chi connectivity index (χ3v) is 7.48. The van der Waals surface area contributed by atoms with Crippen LogP contribution in [0.15, 0.2) is 119 Å². The molecular weight excluding hydrogens is 522 g/mol. The standard InChI is InChI=1S/C33H26ClN3O3/c1-40-31(23-12-6-3-7-13-23)33(39)37-28(21-10-4-2-5-11-21)20-27(36-37)30-29(22-16-18-24(34)19-17-22)25-14-8-9-15-26(25)35-32(30)38/h2-19,28,31H,20H2,1H3,(H,35,38)/t28-,31+/m0/s1. The second-order valence-corrected chi connectivity index (χ2v) is 10.1. The topological polar surface area (TPSA) is 74.8 Å². The number of hydrogen-bond donors (Lipinski definition) is 1. The average Bonchev–Trinajstić information content (AvgIpc) is 3.43. The number of para-hydroxylation sites is 1. The van der Waals surface area contributed by atoms with Crippen LogP contribution >= 0.6 is 11.6 Å². The van der Waals surface area contributed by atoms with Crippen molar-refractivity contribution in [3.8, 4) is 11.1 Å². The summed E-state index contributed by atoms with van der Waals surface area (Å²) in [7, 11) is 1.51. The Bertz CT molecular complexity index is 1770. The molecule has 0 bridgehead atoms. The number of rotatable bonds is 6. The van der Waals surface area contributed by atoms with E-state index in [2.05, 4.69) is 4.98 Å². The van der Waals surface area contributed by atoms with Gasteiger partial charge in [0, 0.05) is 35.0 Å². The van der Waals surface area contributed by atoms with Crippen LogP contribution < -0.4 is 5.56 Å². The zero-order valence-corrected chi connectivity index (χ0v) is 22.5. The second-order valence-electron chi connectivity index (χ2n) is 9.64. The number of aromatic amines is 1. The van der Waals surface area contributed by atoms with E-state index in [1.165, 1.54) is 12.1 Å². The van der Waals surface area contributed by atoms with E-state index in [4.69, 9.17) is 21.4 Å². The summed E-state index contributed by atoms with van der Waals surface area (Å²) in [6, 6.07) is 33.8. The Balaban J connectivity index is 1.54. The third kappa shape index (κ3) is 4.72. The Hall–Kier alpha value is -4.52. The quantitative estimate of drug-likeness (QED) is 0.251. The second kappa shape index (κ2) is 10.9. The summed E-state index contributed by atoms with van der Waals surface area (Å²) >= 11 is 6.20. The molecule has 1 aliphatic rings. The molecule has 1 amide bonds. The van der Waals surface area contributed by atoms with Crippen molar-refractivity contribution in [2.24, 2.45) is 5.10 Å². The molecule has 0 unspecified atom stereocenters. The van der Waals surface area contributed by atoms with E-state index in [1.54, 1.807) is 12.1 Å². The summed E-state index contributed by atoms with van der Waals surface area (Å²) < 4.78 is 5.68. The number of nitrogens with one attached hydrogen (secondary N) is 1. The summed E-state index contributed by atoms with van der Waals surface area (Å²) in [6.45, 7) is 0. The normalized spacial score (nSPS) is 15.7. The van der Waals surface area contributed by atoms with Gasteiger partial charge in [0.25, 0.3) is 11.5 Å². The van der Waals surface area contributed by atoms with Crippen LogP contribution in [-0.4, -0.2) is 28.7 Å². The van der Waals surface area contributed by atoms with Gasteiger partial charge < -0.3 is 9.72 Å². The van der Waals surface area contributed by atoms with Gasteiger partial charge in [-0.1, -0.05) is 103 Å². The Morgan fingerprint density at radius 3 is 2.25 bits per heavy atom. The van der Waals surface area contributed by atoms with Crippen molar-refractivity contribution in [1.82, 2.24) is 9.99 Å². The van der Waals surface area contributed by atoms with Gasteiger partial charge >= 0.3 is 0 Å². The van der Waals surface area contributed by atoms with Crippen LogP contribution in [0, 0.1) is 0 Å². The van der Waals surface area contributed by atoms with Crippen molar-refractivity contribution >= 4 is 34.1 Å². The van der Waals surface area contributed by atoms with Gasteiger partial charge in [0.15, 0.2) is 6.10 Å². The predicted octanol–water partition coefficient (Wildman–Crippen LogP) is 6.91. The lowest BCUT2D eigenvalue weighted by Gasteiger charge is -2.26. The summed E-state index contributed by atoms with van der Waals surface area (Å²) in [5.41, 5.74) is 4.66. The third-order valence-electron chi connectivity index (χ3n) is 7.23. The molecule has 1 aromatic heterocycles. The number of nitrogens with zero attached hydrogens (tertiary/aromatic N) is 2. The largest absolute Gasteiger partial charge is 0.367 e. The molecule has 198 valence electrons. The summed E-state index contributed by atoms with van der Waals surface area (Å²) in [6.07, 6.45) is -0.482. The van der Waals surface area contributed by atoms with Crippen LogP contribution in [0.2, 0.25) is 5.02 Å². The Labute approximate surface area is 236 Å². The molecule has 0 aliphatic carbocycles. The van der Waals surface area contributed by atoms with Crippen LogP contribution in [-0.2, 0) is 9.53 Å². The van der Waals surface area contributed by atoms with Crippen molar-refractivity contribution in [2.75, 3.05) is 7.11 Å². The predicted molar refractivity (Wildman–Crippen MR) is 158 cm³/mol. The van der Waals surface area contributed by atoms with Crippen LogP contribution in [0.25, 0.3) is 22.0 Å². The smallest absolute Gasteiger partial charge is 0.276 e. The van der Waals surface area contributed by atoms with E-state index in [1.807, 2.05) is 97.1 Å². The minimum atomic E-state index is -0.846. The number of methoxy groups -OCH3 is 1. The van der Waals surface area contributed by atoms with Crippen LogP contribution in [0.5, 0.6) is 0 Å². The lowest BCUT2D eigenvalue weighted by atomic mass is 9.91. The highest BCUT2D eigenvalue weighted by atomic mass is 35.5. The van der Waals surface area contributed by atoms with Gasteiger partial charge in [-0.3, -0.25) is 9.59 Å². The van der Waals surface area contributed by atoms with E-state index in [-0.39, 0.29) is 11.5 Å². The Morgan fingerprint density at radius 1 is 0.900 bits per heavy atom. The number of fused-ring (bicyclic) bond motifs is 1. The van der Waals surface area contributed by atoms with Crippen molar-refractivity contribution in [3.63, 3.8) is 0 Å². The van der Waals surface area contributed by atoms with Gasteiger partial charge in [-0.25, -0.2) is 5.01 Å². The number of amides is 1. The number of aromatic nitrogens is 1. The van der Waals surface area contributed by atoms with Crippen molar-refractivity contribution in [3.05, 3.63) is 141 Å². The molecule has 7 heteroatoms. The van der Waals surface area contributed by atoms with Crippen LogP contribution in [0.4, 0.5) is 0 Å². The number of hydrazone groups is 1. The molecule has 5 aromatic rings. The van der Waals surface area contributed by atoms with E-state index in [9.17, 15) is 9.59 Å². The van der Waals surface area contributed by atoms with Crippen molar-refractivity contribution in [2.45, 2.75) is 18.6 Å². The number of halogens is 1. The maximum atomic E-state index is 14.0. The van der Waals surface area contributed by atoms with Gasteiger partial charge in [0.05, 0.1) is 17.3 Å². The van der Waals surface area contributed by atoms with Gasteiger partial charge in [0.2, 0.25) is 0 Å². The lowest BCUT2D eigenvalue weighted by molar-refractivity contribution is -0.144. The first-order valence-electron chi connectivity index (χ1n) is 13.0. The average molecular weight is 548 g/mol. The number of H-pyrrole nitrogens is 1. The van der Waals surface area contributed by atoms with Crippen molar-refractivity contribution in [1.29, 1.82) is 0 Å². The van der Waals surface area contributed by atoms with E-state index >= 15 is 0 Å². The molecule has 2 atom stereocenters. The fourth-order valence-corrected chi connectivity index (χ4v) is 5.49. The first-order valence-corrected chi connectivity index (χ1v) is 13.4. The zero-order valence-electron chi connectivity index (χ0n) is 21.8. The summed E-state index contributed by atoms with van der Waals surface area (Å²) in [5, 5.41) is 7.81. The number of hydrogen-bond acceptors (Lipinski definition) is 4. The van der Waals surface area contributed by atoms with Gasteiger partial charge in [-0.15, -0.1) is 0 Å². The fraction of sp³-hybridized carbons (Fsp3) is 0.121. The summed E-state index contributed by atoms with van der Waals surface area (Å²) in [5.74, 6) is -0.303. The molecule has 0 saturated carbocycles. The number of ether oxygens (including phenoxy) is 1. The number of carbonyl (C=O) groups is 1. The highest BCUT2D eigenvalue weighted by molar-refractivity contribution is 6.30. The molecule has 1 aliphatic heterocycles. The molecule has 4 aromatic carbocycles. The van der Waals surface area contributed by atoms with Gasteiger partial charge in [-0.05, 0) is 34.9 Å². The number of benzene rings is 4. The molecule has 0 fully saturated rings. The van der Waals surface area contributed by atoms with Gasteiger partial charge in [0.1, 0.15) is 0 Å². The zero-order chi connectivity index (χ0) is 27.6. The van der Waals surface area contributed by atoms with E-state index in [0.29, 0.717) is 22.7 Å². The Morgan fingerprint density at radius 2 is 1.55 bits per heavy atom. The highest BCUT2D eigenvalue weighted by Crippen LogP contribution is 2.38. The minimum absolute atomic E-state index is 0.269. The van der Waals surface area contributed by atoms with E-state index in [0.717, 1.165) is 33.2 Å². The molecule has 0 saturated heterocycles. The van der Waals surface area contributed by atoms with Gasteiger partial charge in [-0.2, -0.15) is 5.10 Å². The molecule has 40 heavy (non-hydrogen) atoms. The first kappa shape index (κ1) is 25.7. The van der Waals surface area contributed by atoms with Crippen LogP contribution in [0.1, 0.15) is 35.3 Å². The molecule has 2 heterocycles. The monoisotopic (exact) mass is 547 g/mol. The first-order chi connectivity index (χ1) is 19.5. The fourth-order valence-electron chi connectivity index (χ4n) is 5.36. The molecule has 0 spiro atoms. The maximum Gasteiger partial charge on any atom is 0.276 e. The Kier molecular flexibility index (Phi) is 7.03. The van der Waals surface area contributed by atoms with E-state index < -0.39 is 12.1 Å². The maximum absolute atomic E-state index is 14.0. The minimum Gasteiger partial charge on any atom is -0.367 e.